The lowest BCUT2D eigenvalue weighted by atomic mass is 10.2. The van der Waals surface area contributed by atoms with Crippen LogP contribution in [0.1, 0.15) is 32.6 Å². The van der Waals surface area contributed by atoms with E-state index < -0.39 is 0 Å². The fraction of sp³-hybridized carbons (Fsp3) is 1.00. The van der Waals surface area contributed by atoms with Crippen molar-refractivity contribution in [2.75, 3.05) is 0 Å². The molecule has 1 unspecified atom stereocenters. The van der Waals surface area contributed by atoms with Crippen molar-refractivity contribution < 1.29 is 0 Å². The van der Waals surface area contributed by atoms with Crippen LogP contribution in [0.25, 0.3) is 0 Å². The number of nitrogens with zero attached hydrogens (tertiary/aromatic N) is 1. The van der Waals surface area contributed by atoms with Crippen molar-refractivity contribution in [3.05, 3.63) is 0 Å². The third-order valence-electron chi connectivity index (χ3n) is 2.30. The van der Waals surface area contributed by atoms with Gasteiger partial charge in [-0.05, 0) is 38.5 Å². The molecule has 0 spiro atoms. The molecule has 0 N–H and O–H groups in total. The molecule has 2 rings (SSSR count). The predicted molar refractivity (Wildman–Crippen MR) is 37.3 cm³/mol. The van der Waals surface area contributed by atoms with Crippen LogP contribution < -0.4 is 5.32 Å². The maximum atomic E-state index is 4.65. The minimum absolute atomic E-state index is 0.692. The second kappa shape index (κ2) is 1.98. The molecular formula is C8H14N. The van der Waals surface area contributed by atoms with Gasteiger partial charge in [0, 0.05) is 12.1 Å². The van der Waals surface area contributed by atoms with Crippen molar-refractivity contribution in [3.8, 4) is 0 Å². The molecule has 2 aliphatic rings. The molecule has 1 heteroatoms. The summed E-state index contributed by atoms with van der Waals surface area (Å²) in [5.41, 5.74) is 0. The van der Waals surface area contributed by atoms with E-state index in [2.05, 4.69) is 12.2 Å². The van der Waals surface area contributed by atoms with E-state index in [1.54, 1.807) is 0 Å². The molecule has 2 saturated carbocycles. The quantitative estimate of drug-likeness (QED) is 0.542. The third-order valence-corrected chi connectivity index (χ3v) is 2.30. The van der Waals surface area contributed by atoms with Gasteiger partial charge in [-0.25, -0.2) is 5.32 Å². The first-order valence-corrected chi connectivity index (χ1v) is 4.06. The fourth-order valence-electron chi connectivity index (χ4n) is 1.26. The predicted octanol–water partition coefficient (Wildman–Crippen LogP) is 1.55. The van der Waals surface area contributed by atoms with Crippen LogP contribution >= 0.6 is 0 Å². The molecule has 0 aromatic carbocycles. The van der Waals surface area contributed by atoms with Crippen molar-refractivity contribution in [3.63, 3.8) is 0 Å². The van der Waals surface area contributed by atoms with Crippen LogP contribution in [0.15, 0.2) is 0 Å². The molecule has 0 bridgehead atoms. The van der Waals surface area contributed by atoms with Crippen molar-refractivity contribution in [2.45, 2.75) is 44.7 Å². The van der Waals surface area contributed by atoms with Gasteiger partial charge in [0.05, 0.1) is 0 Å². The Kier molecular flexibility index (Phi) is 1.26. The van der Waals surface area contributed by atoms with Gasteiger partial charge in [0.2, 0.25) is 0 Å². The molecule has 2 aliphatic carbocycles. The fourth-order valence-corrected chi connectivity index (χ4v) is 1.26. The van der Waals surface area contributed by atoms with Gasteiger partial charge in [0.25, 0.3) is 0 Å². The van der Waals surface area contributed by atoms with E-state index in [0.717, 1.165) is 12.0 Å². The van der Waals surface area contributed by atoms with Crippen LogP contribution in [0, 0.1) is 5.92 Å². The first-order valence-electron chi connectivity index (χ1n) is 4.06. The first kappa shape index (κ1) is 5.72. The van der Waals surface area contributed by atoms with Crippen LogP contribution in [0.4, 0.5) is 0 Å². The summed E-state index contributed by atoms with van der Waals surface area (Å²) in [5.74, 6) is 0.977. The molecule has 0 aliphatic heterocycles. The normalized spacial score (nSPS) is 30.3. The van der Waals surface area contributed by atoms with E-state index >= 15 is 0 Å². The highest BCUT2D eigenvalue weighted by Crippen LogP contribution is 2.35. The Bertz CT molecular complexity index is 103. The van der Waals surface area contributed by atoms with Gasteiger partial charge in [0.15, 0.2) is 0 Å². The molecule has 0 amide bonds. The summed E-state index contributed by atoms with van der Waals surface area (Å²) in [6, 6.07) is 1.47. The lowest BCUT2D eigenvalue weighted by Gasteiger charge is -2.07. The zero-order valence-corrected chi connectivity index (χ0v) is 6.01. The van der Waals surface area contributed by atoms with Crippen LogP contribution in [0.3, 0.4) is 0 Å². The van der Waals surface area contributed by atoms with E-state index in [0.29, 0.717) is 6.04 Å². The average Bonchev–Trinajstić information content (AvgIpc) is 2.62. The third kappa shape index (κ3) is 1.45. The van der Waals surface area contributed by atoms with Crippen LogP contribution in [0.2, 0.25) is 0 Å². The zero-order chi connectivity index (χ0) is 6.27. The van der Waals surface area contributed by atoms with Crippen molar-refractivity contribution in [1.29, 1.82) is 0 Å². The molecule has 0 aromatic rings. The molecule has 0 heterocycles. The van der Waals surface area contributed by atoms with Gasteiger partial charge >= 0.3 is 0 Å². The van der Waals surface area contributed by atoms with Crippen molar-refractivity contribution >= 4 is 0 Å². The Morgan fingerprint density at radius 1 is 1.22 bits per heavy atom. The SMILES string of the molecule is CC([N]C1CC1)C1CC1. The highest BCUT2D eigenvalue weighted by Gasteiger charge is 2.33. The van der Waals surface area contributed by atoms with Gasteiger partial charge in [-0.3, -0.25) is 0 Å². The van der Waals surface area contributed by atoms with Crippen LogP contribution in [-0.4, -0.2) is 12.1 Å². The first-order chi connectivity index (χ1) is 4.36. The molecule has 1 atom stereocenters. The second-order valence-electron chi connectivity index (χ2n) is 3.46. The van der Waals surface area contributed by atoms with E-state index in [1.165, 1.54) is 25.7 Å². The Morgan fingerprint density at radius 2 is 1.89 bits per heavy atom. The van der Waals surface area contributed by atoms with Crippen molar-refractivity contribution in [2.24, 2.45) is 5.92 Å². The van der Waals surface area contributed by atoms with E-state index in [9.17, 15) is 0 Å². The largest absolute Gasteiger partial charge is 0.235 e. The number of hydrogen-bond donors (Lipinski definition) is 0. The van der Waals surface area contributed by atoms with Gasteiger partial charge in [-0.2, -0.15) is 0 Å². The molecule has 1 radical (unpaired) electrons. The minimum Gasteiger partial charge on any atom is -0.235 e. The molecule has 1 nitrogen and oxygen atoms in total. The average molecular weight is 124 g/mol. The zero-order valence-electron chi connectivity index (χ0n) is 6.01. The van der Waals surface area contributed by atoms with Crippen LogP contribution in [-0.2, 0) is 0 Å². The van der Waals surface area contributed by atoms with Gasteiger partial charge < -0.3 is 0 Å². The second-order valence-corrected chi connectivity index (χ2v) is 3.46. The highest BCUT2D eigenvalue weighted by atomic mass is 15.0. The van der Waals surface area contributed by atoms with Crippen molar-refractivity contribution in [1.82, 2.24) is 5.32 Å². The maximum absolute atomic E-state index is 4.65. The molecule has 9 heavy (non-hydrogen) atoms. The van der Waals surface area contributed by atoms with Gasteiger partial charge in [0.1, 0.15) is 0 Å². The topological polar surface area (TPSA) is 14.1 Å². The lowest BCUT2D eigenvalue weighted by molar-refractivity contribution is 0.483. The number of rotatable bonds is 3. The molecule has 2 fully saturated rings. The molecule has 0 saturated heterocycles. The van der Waals surface area contributed by atoms with E-state index in [1.807, 2.05) is 0 Å². The maximum Gasteiger partial charge on any atom is 0.0250 e. The number of hydrogen-bond acceptors (Lipinski definition) is 0. The van der Waals surface area contributed by atoms with E-state index in [4.69, 9.17) is 0 Å². The summed E-state index contributed by atoms with van der Waals surface area (Å²) in [4.78, 5) is 0. The van der Waals surface area contributed by atoms with Gasteiger partial charge in [-0.1, -0.05) is 0 Å². The summed E-state index contributed by atoms with van der Waals surface area (Å²) < 4.78 is 0. The van der Waals surface area contributed by atoms with E-state index in [-0.39, 0.29) is 0 Å². The highest BCUT2D eigenvalue weighted by molar-refractivity contribution is 4.89. The van der Waals surface area contributed by atoms with Gasteiger partial charge in [-0.15, -0.1) is 0 Å². The standard InChI is InChI=1S/C8H14N/c1-6(7-2-3-7)9-8-4-5-8/h6-8H,2-5H2,1H3. The summed E-state index contributed by atoms with van der Waals surface area (Å²) in [5, 5.41) is 4.65. The van der Waals surface area contributed by atoms with Crippen LogP contribution in [0.5, 0.6) is 0 Å². The minimum atomic E-state index is 0.692. The monoisotopic (exact) mass is 124 g/mol. The summed E-state index contributed by atoms with van der Waals surface area (Å²) in [7, 11) is 0. The molecular weight excluding hydrogens is 110 g/mol. The lowest BCUT2D eigenvalue weighted by Crippen LogP contribution is -2.22. The Morgan fingerprint density at radius 3 is 2.33 bits per heavy atom. The summed E-state index contributed by atoms with van der Waals surface area (Å²) in [6.07, 6.45) is 5.63. The Hall–Kier alpha value is -0.0400. The molecule has 51 valence electrons. The Labute approximate surface area is 56.8 Å². The summed E-state index contributed by atoms with van der Waals surface area (Å²) in [6.45, 7) is 2.27. The Balaban J connectivity index is 1.69. The molecule has 0 aromatic heterocycles. The summed E-state index contributed by atoms with van der Waals surface area (Å²) >= 11 is 0. The smallest absolute Gasteiger partial charge is 0.0250 e.